The summed E-state index contributed by atoms with van der Waals surface area (Å²) in [5.74, 6) is -1.09. The summed E-state index contributed by atoms with van der Waals surface area (Å²) in [4.78, 5) is 40.0. The van der Waals surface area contributed by atoms with Gasteiger partial charge in [0.2, 0.25) is 5.78 Å². The molecule has 6 nitrogen and oxygen atoms in total. The van der Waals surface area contributed by atoms with Crippen molar-refractivity contribution in [3.63, 3.8) is 0 Å². The Hall–Kier alpha value is -2.71. The summed E-state index contributed by atoms with van der Waals surface area (Å²) < 4.78 is 10.4. The average Bonchev–Trinajstić information content (AvgIpc) is 3.43. The molecule has 0 aromatic carbocycles. The van der Waals surface area contributed by atoms with Crippen molar-refractivity contribution in [3.8, 4) is 0 Å². The number of ketones is 1. The van der Waals surface area contributed by atoms with E-state index in [4.69, 9.17) is 9.15 Å². The molecule has 1 amide bonds. The summed E-state index contributed by atoms with van der Waals surface area (Å²) in [5.41, 5.74) is 1.26. The third-order valence-electron chi connectivity index (χ3n) is 4.45. The first-order chi connectivity index (χ1) is 13.5. The lowest BCUT2D eigenvalue weighted by Crippen LogP contribution is -2.17. The molecule has 4 rings (SSSR count). The highest BCUT2D eigenvalue weighted by Gasteiger charge is 2.29. The number of furan rings is 1. The number of fused-ring (bicyclic) bond motifs is 1. The number of rotatable bonds is 6. The summed E-state index contributed by atoms with van der Waals surface area (Å²) in [5, 5.41) is 3.19. The molecule has 8 heteroatoms. The van der Waals surface area contributed by atoms with E-state index in [9.17, 15) is 14.4 Å². The minimum absolute atomic E-state index is 0.163. The molecule has 3 heterocycles. The molecule has 0 bridgehead atoms. The highest BCUT2D eigenvalue weighted by atomic mass is 32.1. The third kappa shape index (κ3) is 3.65. The second-order valence-electron chi connectivity index (χ2n) is 6.40. The molecule has 0 spiro atoms. The fraction of sp³-hybridized carbons (Fsp3) is 0.250. The molecule has 3 aromatic rings. The molecule has 3 aromatic heterocycles. The van der Waals surface area contributed by atoms with Crippen molar-refractivity contribution >= 4 is 45.3 Å². The summed E-state index contributed by atoms with van der Waals surface area (Å²) >= 11 is 2.75. The number of carbonyl (C=O) groups excluding carboxylic acids is 3. The zero-order valence-electron chi connectivity index (χ0n) is 15.1. The number of ether oxygens (including phenoxy) is 1. The lowest BCUT2D eigenvalue weighted by Gasteiger charge is -2.08. The first kappa shape index (κ1) is 18.6. The zero-order chi connectivity index (χ0) is 19.7. The second-order valence-corrected chi connectivity index (χ2v) is 8.80. The maximum Gasteiger partial charge on any atom is 0.341 e. The van der Waals surface area contributed by atoms with Crippen molar-refractivity contribution in [2.24, 2.45) is 0 Å². The van der Waals surface area contributed by atoms with Crippen LogP contribution in [0.5, 0.6) is 0 Å². The van der Waals surface area contributed by atoms with E-state index in [-0.39, 0.29) is 18.2 Å². The molecule has 1 N–H and O–H groups in total. The summed E-state index contributed by atoms with van der Waals surface area (Å²) in [6, 6.07) is 6.76. The van der Waals surface area contributed by atoms with Gasteiger partial charge >= 0.3 is 5.97 Å². The highest BCUT2D eigenvalue weighted by Crippen LogP contribution is 2.39. The van der Waals surface area contributed by atoms with Gasteiger partial charge in [-0.3, -0.25) is 9.59 Å². The predicted octanol–water partition coefficient (Wildman–Crippen LogP) is 4.49. The second kappa shape index (κ2) is 7.73. The Bertz CT molecular complexity index is 1050. The van der Waals surface area contributed by atoms with Crippen molar-refractivity contribution in [1.29, 1.82) is 0 Å². The summed E-state index contributed by atoms with van der Waals surface area (Å²) in [6.45, 7) is 1.59. The smallest absolute Gasteiger partial charge is 0.341 e. The number of nitrogens with one attached hydrogen (secondary N) is 1. The van der Waals surface area contributed by atoms with Gasteiger partial charge in [-0.1, -0.05) is 0 Å². The Labute approximate surface area is 169 Å². The van der Waals surface area contributed by atoms with Gasteiger partial charge in [0.05, 0.1) is 16.7 Å². The fourth-order valence-electron chi connectivity index (χ4n) is 3.14. The van der Waals surface area contributed by atoms with Gasteiger partial charge < -0.3 is 14.5 Å². The van der Waals surface area contributed by atoms with Crippen LogP contribution in [0.1, 0.15) is 52.3 Å². The topological polar surface area (TPSA) is 85.6 Å². The molecule has 0 saturated heterocycles. The quantitative estimate of drug-likeness (QED) is 0.473. The van der Waals surface area contributed by atoms with Crippen LogP contribution in [0, 0.1) is 6.92 Å². The van der Waals surface area contributed by atoms with Crippen molar-refractivity contribution in [1.82, 2.24) is 0 Å². The minimum Gasteiger partial charge on any atom is -0.459 e. The van der Waals surface area contributed by atoms with Gasteiger partial charge in [0.25, 0.3) is 5.91 Å². The van der Waals surface area contributed by atoms with Crippen molar-refractivity contribution < 1.29 is 23.5 Å². The molecule has 0 unspecified atom stereocenters. The van der Waals surface area contributed by atoms with Crippen LogP contribution in [0.4, 0.5) is 5.00 Å². The van der Waals surface area contributed by atoms with Crippen molar-refractivity contribution in [2.45, 2.75) is 26.2 Å². The van der Waals surface area contributed by atoms with Crippen molar-refractivity contribution in [3.05, 3.63) is 62.0 Å². The number of thiophene rings is 2. The number of aryl methyl sites for hydroxylation is 2. The van der Waals surface area contributed by atoms with E-state index in [1.54, 1.807) is 18.2 Å². The van der Waals surface area contributed by atoms with Crippen LogP contribution in [0.3, 0.4) is 0 Å². The molecule has 28 heavy (non-hydrogen) atoms. The molecule has 0 aliphatic heterocycles. The normalized spacial score (nSPS) is 12.6. The van der Waals surface area contributed by atoms with Crippen LogP contribution in [0.2, 0.25) is 0 Å². The average molecular weight is 415 g/mol. The van der Waals surface area contributed by atoms with Gasteiger partial charge in [-0.2, -0.15) is 0 Å². The van der Waals surface area contributed by atoms with E-state index in [0.29, 0.717) is 15.4 Å². The van der Waals surface area contributed by atoms with E-state index in [0.717, 1.165) is 34.6 Å². The van der Waals surface area contributed by atoms with Crippen LogP contribution in [-0.4, -0.2) is 24.3 Å². The molecule has 0 atom stereocenters. The Balaban J connectivity index is 1.52. The number of hydrogen-bond donors (Lipinski definition) is 1. The largest absolute Gasteiger partial charge is 0.459 e. The van der Waals surface area contributed by atoms with Crippen LogP contribution >= 0.6 is 22.7 Å². The number of Topliss-reactive ketones (excluding diaryl/α,β-unsaturated/α-hetero) is 1. The van der Waals surface area contributed by atoms with Crippen LogP contribution in [0.15, 0.2) is 34.9 Å². The Kier molecular flexibility index (Phi) is 5.15. The maximum atomic E-state index is 12.8. The Morgan fingerprint density at radius 3 is 2.75 bits per heavy atom. The first-order valence-corrected chi connectivity index (χ1v) is 10.4. The van der Waals surface area contributed by atoms with E-state index in [1.807, 2.05) is 13.0 Å². The Morgan fingerprint density at radius 2 is 2.04 bits per heavy atom. The molecule has 144 valence electrons. The standard InChI is InChI=1S/C20H17NO5S2/c1-11-7-8-16(27-11)13(22)10-26-20(24)17-12-4-2-6-15(12)28-19(17)21-18(23)14-5-3-9-25-14/h3,5,7-9H,2,4,6,10H2,1H3,(H,21,23). The SMILES string of the molecule is Cc1ccc(C(=O)COC(=O)c2c(NC(=O)c3ccco3)sc3c2CCC3)s1. The lowest BCUT2D eigenvalue weighted by molar-refractivity contribution is 0.0476. The minimum atomic E-state index is -0.587. The predicted molar refractivity (Wildman–Crippen MR) is 107 cm³/mol. The van der Waals surface area contributed by atoms with Gasteiger partial charge in [-0.05, 0) is 56.0 Å². The van der Waals surface area contributed by atoms with E-state index in [1.165, 1.54) is 28.9 Å². The van der Waals surface area contributed by atoms with E-state index in [2.05, 4.69) is 5.32 Å². The maximum absolute atomic E-state index is 12.8. The molecule has 0 fully saturated rings. The zero-order valence-corrected chi connectivity index (χ0v) is 16.7. The van der Waals surface area contributed by atoms with E-state index >= 15 is 0 Å². The number of anilines is 1. The van der Waals surface area contributed by atoms with Gasteiger partial charge in [0.1, 0.15) is 5.00 Å². The Morgan fingerprint density at radius 1 is 1.18 bits per heavy atom. The van der Waals surface area contributed by atoms with Gasteiger partial charge in [-0.25, -0.2) is 4.79 Å². The molecule has 0 saturated carbocycles. The first-order valence-electron chi connectivity index (χ1n) is 8.79. The highest BCUT2D eigenvalue weighted by molar-refractivity contribution is 7.17. The lowest BCUT2D eigenvalue weighted by atomic mass is 10.1. The van der Waals surface area contributed by atoms with E-state index < -0.39 is 11.9 Å². The molecular weight excluding hydrogens is 398 g/mol. The van der Waals surface area contributed by atoms with Gasteiger partial charge in [0.15, 0.2) is 12.4 Å². The van der Waals surface area contributed by atoms with Gasteiger partial charge in [-0.15, -0.1) is 22.7 Å². The van der Waals surface area contributed by atoms with Crippen LogP contribution in [0.25, 0.3) is 0 Å². The molecule has 1 aliphatic carbocycles. The number of hydrogen-bond acceptors (Lipinski definition) is 7. The fourth-order valence-corrected chi connectivity index (χ4v) is 5.20. The molecule has 1 aliphatic rings. The van der Waals surface area contributed by atoms with Crippen LogP contribution in [-0.2, 0) is 17.6 Å². The number of carbonyl (C=O) groups is 3. The number of amides is 1. The van der Waals surface area contributed by atoms with Gasteiger partial charge in [0, 0.05) is 9.75 Å². The van der Waals surface area contributed by atoms with Crippen molar-refractivity contribution in [2.75, 3.05) is 11.9 Å². The summed E-state index contributed by atoms with van der Waals surface area (Å²) in [6.07, 6.45) is 3.99. The molecular formula is C20H17NO5S2. The van der Waals surface area contributed by atoms with Crippen LogP contribution < -0.4 is 5.32 Å². The monoisotopic (exact) mass is 415 g/mol. The summed E-state index contributed by atoms with van der Waals surface area (Å²) in [7, 11) is 0. The number of esters is 1. The third-order valence-corrected chi connectivity index (χ3v) is 6.70. The molecule has 0 radical (unpaired) electrons.